The highest BCUT2D eigenvalue weighted by atomic mass is 35.5. The van der Waals surface area contributed by atoms with Crippen molar-refractivity contribution in [1.29, 1.82) is 0 Å². The lowest BCUT2D eigenvalue weighted by Gasteiger charge is -2.28. The Kier molecular flexibility index (Phi) is 7.07. The number of carbonyl (C=O) groups is 1. The molecular weight excluding hydrogens is 358 g/mol. The van der Waals surface area contributed by atoms with Gasteiger partial charge >= 0.3 is 5.97 Å². The molecule has 0 aliphatic carbocycles. The molecule has 1 atom stereocenters. The van der Waals surface area contributed by atoms with Crippen LogP contribution < -0.4 is 0 Å². The van der Waals surface area contributed by atoms with Crippen molar-refractivity contribution >= 4 is 17.7 Å². The summed E-state index contributed by atoms with van der Waals surface area (Å²) in [4.78, 5) is 12.5. The van der Waals surface area contributed by atoms with Crippen LogP contribution in [0.15, 0.2) is 42.5 Å². The predicted octanol–water partition coefficient (Wildman–Crippen LogP) is 6.04. The largest absolute Gasteiger partial charge is 0.460 e. The maximum atomic E-state index is 12.5. The Bertz CT molecular complexity index is 758. The average Bonchev–Trinajstić information content (AvgIpc) is 2.55. The molecule has 0 saturated heterocycles. The number of hydrogen-bond acceptors (Lipinski definition) is 3. The fraction of sp³-hybridized carbons (Fsp3) is 0.435. The lowest BCUT2D eigenvalue weighted by atomic mass is 9.98. The number of ether oxygens (including phenoxy) is 1. The first-order valence-corrected chi connectivity index (χ1v) is 9.66. The maximum absolute atomic E-state index is 12.5. The SMILES string of the molecule is Cc1cc(C)c(CN(Cl)[C@H](CC(=O)OC(C)(C)C)c2ccccc2)c(C)c1. The molecule has 0 heterocycles. The molecule has 0 spiro atoms. The van der Waals surface area contributed by atoms with Gasteiger partial charge in [-0.15, -0.1) is 0 Å². The highest BCUT2D eigenvalue weighted by Crippen LogP contribution is 2.31. The molecule has 2 aromatic carbocycles. The molecular formula is C23H30ClNO2. The van der Waals surface area contributed by atoms with E-state index in [-0.39, 0.29) is 18.4 Å². The van der Waals surface area contributed by atoms with Crippen molar-refractivity contribution in [2.45, 2.75) is 66.2 Å². The van der Waals surface area contributed by atoms with Crippen molar-refractivity contribution in [3.8, 4) is 0 Å². The number of halogens is 1. The quantitative estimate of drug-likeness (QED) is 0.447. The molecule has 0 aliphatic rings. The molecule has 0 bridgehead atoms. The van der Waals surface area contributed by atoms with E-state index in [9.17, 15) is 4.79 Å². The van der Waals surface area contributed by atoms with Gasteiger partial charge in [0.15, 0.2) is 0 Å². The summed E-state index contributed by atoms with van der Waals surface area (Å²) in [7, 11) is 0. The maximum Gasteiger partial charge on any atom is 0.308 e. The van der Waals surface area contributed by atoms with Crippen LogP contribution in [-0.2, 0) is 16.1 Å². The molecule has 0 unspecified atom stereocenters. The zero-order valence-electron chi connectivity index (χ0n) is 17.2. The van der Waals surface area contributed by atoms with Crippen molar-refractivity contribution in [2.24, 2.45) is 0 Å². The van der Waals surface area contributed by atoms with Crippen LogP contribution in [0, 0.1) is 20.8 Å². The predicted molar refractivity (Wildman–Crippen MR) is 112 cm³/mol. The van der Waals surface area contributed by atoms with Gasteiger partial charge in [-0.2, -0.15) is 0 Å². The van der Waals surface area contributed by atoms with Gasteiger partial charge in [0.25, 0.3) is 0 Å². The van der Waals surface area contributed by atoms with E-state index < -0.39 is 5.60 Å². The lowest BCUT2D eigenvalue weighted by molar-refractivity contribution is -0.156. The summed E-state index contributed by atoms with van der Waals surface area (Å²) in [6.07, 6.45) is 0.203. The number of carbonyl (C=O) groups excluding carboxylic acids is 1. The summed E-state index contributed by atoms with van der Waals surface area (Å²) >= 11 is 6.74. The summed E-state index contributed by atoms with van der Waals surface area (Å²) in [5.41, 5.74) is 5.34. The Morgan fingerprint density at radius 2 is 1.63 bits per heavy atom. The van der Waals surface area contributed by atoms with E-state index in [1.807, 2.05) is 51.1 Å². The van der Waals surface area contributed by atoms with Crippen molar-refractivity contribution < 1.29 is 9.53 Å². The molecule has 0 amide bonds. The third-order valence-electron chi connectivity index (χ3n) is 4.45. The number of esters is 1. The van der Waals surface area contributed by atoms with Gasteiger partial charge in [0.1, 0.15) is 5.60 Å². The molecule has 0 fully saturated rings. The average molecular weight is 388 g/mol. The smallest absolute Gasteiger partial charge is 0.308 e. The minimum absolute atomic E-state index is 0.203. The molecule has 0 saturated carbocycles. The van der Waals surface area contributed by atoms with Crippen molar-refractivity contribution in [2.75, 3.05) is 0 Å². The van der Waals surface area contributed by atoms with Gasteiger partial charge in [0.05, 0.1) is 12.5 Å². The fourth-order valence-electron chi connectivity index (χ4n) is 3.32. The van der Waals surface area contributed by atoms with Gasteiger partial charge in [0.2, 0.25) is 0 Å². The number of nitrogens with zero attached hydrogens (tertiary/aromatic N) is 1. The van der Waals surface area contributed by atoms with Gasteiger partial charge in [-0.05, 0) is 75.6 Å². The second-order valence-electron chi connectivity index (χ2n) is 8.15. The Hall–Kier alpha value is -1.84. The highest BCUT2D eigenvalue weighted by Gasteiger charge is 2.26. The third kappa shape index (κ3) is 6.37. The normalized spacial score (nSPS) is 12.9. The zero-order valence-corrected chi connectivity index (χ0v) is 17.9. The van der Waals surface area contributed by atoms with Crippen LogP contribution >= 0.6 is 11.8 Å². The first kappa shape index (κ1) is 21.5. The first-order chi connectivity index (χ1) is 12.6. The summed E-state index contributed by atoms with van der Waals surface area (Å²) in [5.74, 6) is -0.251. The Morgan fingerprint density at radius 1 is 1.07 bits per heavy atom. The van der Waals surface area contributed by atoms with E-state index in [1.165, 1.54) is 22.3 Å². The minimum atomic E-state index is -0.514. The molecule has 0 N–H and O–H groups in total. The zero-order chi connectivity index (χ0) is 20.2. The summed E-state index contributed by atoms with van der Waals surface area (Å²) < 4.78 is 7.26. The van der Waals surface area contributed by atoms with Crippen LogP contribution in [0.2, 0.25) is 0 Å². The standard InChI is InChI=1S/C23H30ClNO2/c1-16-12-17(2)20(18(3)13-16)15-25(24)21(19-10-8-7-9-11-19)14-22(26)27-23(4,5)6/h7-13,21H,14-15H2,1-6H3/t21-/m1/s1. The number of benzene rings is 2. The van der Waals surface area contributed by atoms with Crippen molar-refractivity contribution in [3.63, 3.8) is 0 Å². The van der Waals surface area contributed by atoms with E-state index in [2.05, 4.69) is 32.9 Å². The van der Waals surface area contributed by atoms with Crippen molar-refractivity contribution in [1.82, 2.24) is 4.42 Å². The molecule has 4 heteroatoms. The van der Waals surface area contributed by atoms with Crippen LogP contribution in [-0.4, -0.2) is 16.0 Å². The Labute approximate surface area is 168 Å². The molecule has 0 aliphatic heterocycles. The summed E-state index contributed by atoms with van der Waals surface area (Å²) in [5, 5.41) is 0. The van der Waals surface area contributed by atoms with Crippen LogP contribution in [0.1, 0.15) is 61.1 Å². The monoisotopic (exact) mass is 387 g/mol. The van der Waals surface area contributed by atoms with Gasteiger partial charge in [0, 0.05) is 6.54 Å². The second kappa shape index (κ2) is 8.90. The molecule has 0 radical (unpaired) electrons. The van der Waals surface area contributed by atoms with Gasteiger partial charge in [-0.25, -0.2) is 4.42 Å². The van der Waals surface area contributed by atoms with Crippen LogP contribution in [0.3, 0.4) is 0 Å². The third-order valence-corrected chi connectivity index (χ3v) is 4.81. The molecule has 146 valence electrons. The van der Waals surface area contributed by atoms with E-state index in [0.717, 1.165) is 5.56 Å². The van der Waals surface area contributed by atoms with Crippen molar-refractivity contribution in [3.05, 3.63) is 70.3 Å². The molecule has 3 nitrogen and oxygen atoms in total. The second-order valence-corrected chi connectivity index (χ2v) is 8.59. The van der Waals surface area contributed by atoms with Gasteiger partial charge in [-0.1, -0.05) is 48.0 Å². The Balaban J connectivity index is 2.26. The van der Waals surface area contributed by atoms with E-state index in [4.69, 9.17) is 16.5 Å². The van der Waals surface area contributed by atoms with E-state index in [0.29, 0.717) is 6.54 Å². The van der Waals surface area contributed by atoms with Crippen LogP contribution in [0.25, 0.3) is 0 Å². The molecule has 27 heavy (non-hydrogen) atoms. The van der Waals surface area contributed by atoms with Crippen LogP contribution in [0.5, 0.6) is 0 Å². The number of rotatable bonds is 6. The molecule has 0 aromatic heterocycles. The number of aryl methyl sites for hydroxylation is 3. The Morgan fingerprint density at radius 3 is 2.15 bits per heavy atom. The topological polar surface area (TPSA) is 29.5 Å². The minimum Gasteiger partial charge on any atom is -0.460 e. The lowest BCUT2D eigenvalue weighted by Crippen LogP contribution is -2.28. The molecule has 2 rings (SSSR count). The molecule has 2 aromatic rings. The van der Waals surface area contributed by atoms with E-state index in [1.54, 1.807) is 4.42 Å². The highest BCUT2D eigenvalue weighted by molar-refractivity contribution is 6.13. The fourth-order valence-corrected chi connectivity index (χ4v) is 3.62. The van der Waals surface area contributed by atoms with E-state index >= 15 is 0 Å². The van der Waals surface area contributed by atoms with Gasteiger partial charge < -0.3 is 4.74 Å². The summed E-state index contributed by atoms with van der Waals surface area (Å²) in [6, 6.07) is 14.0. The summed E-state index contributed by atoms with van der Waals surface area (Å²) in [6.45, 7) is 12.5. The van der Waals surface area contributed by atoms with Crippen LogP contribution in [0.4, 0.5) is 0 Å². The van der Waals surface area contributed by atoms with Gasteiger partial charge in [-0.3, -0.25) is 4.79 Å². The first-order valence-electron chi connectivity index (χ1n) is 9.33. The number of hydrogen-bond donors (Lipinski definition) is 0.